The van der Waals surface area contributed by atoms with Crippen molar-refractivity contribution in [2.24, 2.45) is 17.8 Å². The lowest BCUT2D eigenvalue weighted by atomic mass is 10.1. The maximum absolute atomic E-state index is 12.2. The van der Waals surface area contributed by atoms with Gasteiger partial charge in [0.25, 0.3) is 0 Å². The Morgan fingerprint density at radius 3 is 1.81 bits per heavy atom. The summed E-state index contributed by atoms with van der Waals surface area (Å²) in [5.74, 6) is 0.800. The van der Waals surface area contributed by atoms with E-state index in [1.54, 1.807) is 57.4 Å². The van der Waals surface area contributed by atoms with E-state index in [9.17, 15) is 14.4 Å². The minimum atomic E-state index is -0.401. The molecule has 8 heteroatoms. The number of aryl methyl sites for hydroxylation is 1. The molecule has 0 amide bonds. The first-order chi connectivity index (χ1) is 16.7. The van der Waals surface area contributed by atoms with Gasteiger partial charge in [-0.05, 0) is 39.8 Å². The van der Waals surface area contributed by atoms with E-state index in [4.69, 9.17) is 9.47 Å². The summed E-state index contributed by atoms with van der Waals surface area (Å²) < 4.78 is 12.7. The number of aromatic nitrogens is 3. The van der Waals surface area contributed by atoms with Gasteiger partial charge in [-0.15, -0.1) is 16.8 Å². The molecule has 198 valence electrons. The summed E-state index contributed by atoms with van der Waals surface area (Å²) in [7, 11) is 0. The van der Waals surface area contributed by atoms with Crippen molar-refractivity contribution in [2.45, 2.75) is 69.2 Å². The van der Waals surface area contributed by atoms with Crippen molar-refractivity contribution >= 4 is 23.4 Å². The SMILES string of the molecule is C=C(C)n1c(C)nnc1-c1ccc(OC(=O)C(C)C)cc1OC(=O)C(C)C.C=CC.CC(=O)C(C)C. The van der Waals surface area contributed by atoms with E-state index in [0.717, 1.165) is 5.70 Å². The second-order valence-electron chi connectivity index (χ2n) is 9.12. The second kappa shape index (κ2) is 15.4. The molecule has 0 fully saturated rings. The van der Waals surface area contributed by atoms with E-state index in [1.807, 2.05) is 34.6 Å². The van der Waals surface area contributed by atoms with E-state index in [2.05, 4.69) is 23.4 Å². The maximum Gasteiger partial charge on any atom is 0.313 e. The highest BCUT2D eigenvalue weighted by Crippen LogP contribution is 2.34. The highest BCUT2D eigenvalue weighted by Gasteiger charge is 2.21. The van der Waals surface area contributed by atoms with Gasteiger partial charge in [0.2, 0.25) is 0 Å². The Balaban J connectivity index is 0.00000117. The first-order valence-electron chi connectivity index (χ1n) is 11.9. The molecule has 0 aliphatic heterocycles. The lowest BCUT2D eigenvalue weighted by molar-refractivity contribution is -0.138. The third kappa shape index (κ3) is 10.4. The minimum absolute atomic E-state index is 0.213. The van der Waals surface area contributed by atoms with E-state index < -0.39 is 5.97 Å². The Morgan fingerprint density at radius 1 is 0.917 bits per heavy atom. The van der Waals surface area contributed by atoms with Crippen LogP contribution in [0.3, 0.4) is 0 Å². The van der Waals surface area contributed by atoms with Gasteiger partial charge in [0, 0.05) is 17.7 Å². The second-order valence-corrected chi connectivity index (χ2v) is 9.12. The number of allylic oxidation sites excluding steroid dienone is 2. The maximum atomic E-state index is 12.2. The van der Waals surface area contributed by atoms with Crippen molar-refractivity contribution in [3.63, 3.8) is 0 Å². The van der Waals surface area contributed by atoms with Crippen LogP contribution in [-0.4, -0.2) is 32.5 Å². The third-order valence-electron chi connectivity index (χ3n) is 4.59. The summed E-state index contributed by atoms with van der Waals surface area (Å²) in [5, 5.41) is 8.28. The number of nitrogens with zero attached hydrogens (tertiary/aromatic N) is 3. The fourth-order valence-corrected chi connectivity index (χ4v) is 2.29. The van der Waals surface area contributed by atoms with E-state index in [1.165, 1.54) is 6.07 Å². The third-order valence-corrected chi connectivity index (χ3v) is 4.59. The number of hydrogen-bond donors (Lipinski definition) is 0. The fraction of sp³-hybridized carbons (Fsp3) is 0.464. The zero-order valence-corrected chi connectivity index (χ0v) is 23.3. The number of esters is 2. The molecule has 0 saturated carbocycles. The van der Waals surface area contributed by atoms with Crippen molar-refractivity contribution in [1.82, 2.24) is 14.8 Å². The van der Waals surface area contributed by atoms with Crippen LogP contribution in [0, 0.1) is 24.7 Å². The largest absolute Gasteiger partial charge is 0.426 e. The molecular formula is C28H41N3O5. The Morgan fingerprint density at radius 2 is 1.39 bits per heavy atom. The number of benzene rings is 1. The average molecular weight is 500 g/mol. The normalized spacial score (nSPS) is 10.1. The van der Waals surface area contributed by atoms with Crippen molar-refractivity contribution in [1.29, 1.82) is 0 Å². The highest BCUT2D eigenvalue weighted by atomic mass is 16.5. The Hall–Kier alpha value is -3.55. The van der Waals surface area contributed by atoms with Crippen LogP contribution >= 0.6 is 0 Å². The number of carbonyl (C=O) groups excluding carboxylic acids is 3. The van der Waals surface area contributed by atoms with E-state index >= 15 is 0 Å². The van der Waals surface area contributed by atoms with Crippen molar-refractivity contribution in [2.75, 3.05) is 0 Å². The Labute approximate surface area is 215 Å². The summed E-state index contributed by atoms with van der Waals surface area (Å²) in [6, 6.07) is 4.84. The Bertz CT molecular complexity index is 1070. The molecule has 1 heterocycles. The van der Waals surface area contributed by atoms with Crippen LogP contribution in [0.1, 0.15) is 68.1 Å². The molecule has 0 atom stereocenters. The van der Waals surface area contributed by atoms with Crippen molar-refractivity contribution in [3.8, 4) is 22.9 Å². The van der Waals surface area contributed by atoms with Crippen LogP contribution in [0.2, 0.25) is 0 Å². The molecule has 0 aliphatic rings. The number of Topliss-reactive ketones (excluding diaryl/α,β-unsaturated/α-hetero) is 1. The van der Waals surface area contributed by atoms with E-state index in [0.29, 0.717) is 23.0 Å². The minimum Gasteiger partial charge on any atom is -0.426 e. The number of rotatable bonds is 7. The van der Waals surface area contributed by atoms with E-state index in [-0.39, 0.29) is 35.3 Å². The van der Waals surface area contributed by atoms with Crippen LogP contribution in [0.5, 0.6) is 11.5 Å². The van der Waals surface area contributed by atoms with Gasteiger partial charge >= 0.3 is 11.9 Å². The molecule has 0 saturated heterocycles. The van der Waals surface area contributed by atoms with Gasteiger partial charge in [-0.2, -0.15) is 0 Å². The standard InChI is InChI=1S/C20H25N3O4.C5H10O.C3H6/c1-11(2)19(24)26-15-8-9-16(17(10-15)27-20(25)12(3)4)18-22-21-14(7)23(18)13(5)6;1-4(2)5(3)6;1-3-2/h8-12H,5H2,1-4,6-7H3;4H,1-3H3;3H,1H2,2H3. The van der Waals surface area contributed by atoms with Crippen molar-refractivity contribution < 1.29 is 23.9 Å². The zero-order valence-electron chi connectivity index (χ0n) is 23.3. The van der Waals surface area contributed by atoms with Crippen molar-refractivity contribution in [3.05, 3.63) is 43.3 Å². The summed E-state index contributed by atoms with van der Waals surface area (Å²) in [5.41, 5.74) is 1.28. The van der Waals surface area contributed by atoms with Crippen LogP contribution in [0.15, 0.2) is 37.4 Å². The molecule has 0 bridgehead atoms. The summed E-state index contributed by atoms with van der Waals surface area (Å²) in [6.07, 6.45) is 1.75. The molecule has 1 aromatic heterocycles. The van der Waals surface area contributed by atoms with Gasteiger partial charge in [-0.25, -0.2) is 0 Å². The number of carbonyl (C=O) groups is 3. The lowest BCUT2D eigenvalue weighted by Crippen LogP contribution is -2.17. The van der Waals surface area contributed by atoms with Gasteiger partial charge in [0.05, 0.1) is 17.4 Å². The molecule has 2 rings (SSSR count). The average Bonchev–Trinajstić information content (AvgIpc) is 3.16. The van der Waals surface area contributed by atoms with Gasteiger partial charge in [0.15, 0.2) is 5.82 Å². The molecule has 0 radical (unpaired) electrons. The predicted octanol–water partition coefficient (Wildman–Crippen LogP) is 6.29. The molecule has 2 aromatic rings. The molecule has 0 aliphatic carbocycles. The molecule has 8 nitrogen and oxygen atoms in total. The predicted molar refractivity (Wildman–Crippen MR) is 144 cm³/mol. The fourth-order valence-electron chi connectivity index (χ4n) is 2.29. The molecule has 0 N–H and O–H groups in total. The molecular weight excluding hydrogens is 458 g/mol. The summed E-state index contributed by atoms with van der Waals surface area (Å²) >= 11 is 0. The van der Waals surface area contributed by atoms with Gasteiger partial charge < -0.3 is 9.47 Å². The molecule has 0 spiro atoms. The lowest BCUT2D eigenvalue weighted by Gasteiger charge is -2.15. The summed E-state index contributed by atoms with van der Waals surface area (Å²) in [6.45, 7) is 25.2. The Kier molecular flexibility index (Phi) is 13.9. The first-order valence-corrected chi connectivity index (χ1v) is 11.9. The van der Waals surface area contributed by atoms with Gasteiger partial charge in [-0.1, -0.05) is 54.2 Å². The highest BCUT2D eigenvalue weighted by molar-refractivity contribution is 5.80. The molecule has 0 unspecified atom stereocenters. The molecule has 36 heavy (non-hydrogen) atoms. The number of ketones is 1. The van der Waals surface area contributed by atoms with Crippen LogP contribution in [0.25, 0.3) is 17.1 Å². The smallest absolute Gasteiger partial charge is 0.313 e. The topological polar surface area (TPSA) is 100 Å². The quantitative estimate of drug-likeness (QED) is 0.251. The van der Waals surface area contributed by atoms with Crippen LogP contribution < -0.4 is 9.47 Å². The van der Waals surface area contributed by atoms with Gasteiger partial charge in [-0.3, -0.25) is 19.0 Å². The summed E-state index contributed by atoms with van der Waals surface area (Å²) in [4.78, 5) is 34.2. The van der Waals surface area contributed by atoms with Crippen LogP contribution in [0.4, 0.5) is 0 Å². The number of hydrogen-bond acceptors (Lipinski definition) is 7. The monoisotopic (exact) mass is 499 g/mol. The van der Waals surface area contributed by atoms with Crippen LogP contribution in [-0.2, 0) is 14.4 Å². The number of ether oxygens (including phenoxy) is 2. The first kappa shape index (κ1) is 32.5. The molecule has 1 aromatic carbocycles. The zero-order chi connectivity index (χ0) is 28.2. The van der Waals surface area contributed by atoms with Gasteiger partial charge in [0.1, 0.15) is 23.1 Å².